The smallest absolute Gasteiger partial charge is 0.324 e. The Kier molecular flexibility index (Phi) is 5.60. The van der Waals surface area contributed by atoms with Crippen LogP contribution in [0.1, 0.15) is 43.6 Å². The molecule has 0 spiro atoms. The molecule has 0 bridgehead atoms. The standard InChI is InChI=1S/C25H26N2O5/c1-24(2,3)32-23(28)21-20(19-15-10-16-31-19)22(27(29)30)25(26-21,17-11-6-4-7-12-17)18-13-8-5-9-14-18/h4-16,20-22,26H,1-3H3/t20-,21+,22+/m1/s1. The molecule has 0 unspecified atom stereocenters. The molecule has 1 aliphatic heterocycles. The monoisotopic (exact) mass is 434 g/mol. The summed E-state index contributed by atoms with van der Waals surface area (Å²) in [5, 5.41) is 16.0. The van der Waals surface area contributed by atoms with Crippen molar-refractivity contribution in [1.29, 1.82) is 0 Å². The van der Waals surface area contributed by atoms with Crippen molar-refractivity contribution < 1.29 is 18.9 Å². The zero-order valence-electron chi connectivity index (χ0n) is 18.2. The lowest BCUT2D eigenvalue weighted by Gasteiger charge is -2.33. The number of nitro groups is 1. The van der Waals surface area contributed by atoms with Crippen LogP contribution in [0, 0.1) is 10.1 Å². The second kappa shape index (κ2) is 8.24. The summed E-state index contributed by atoms with van der Waals surface area (Å²) in [7, 11) is 0. The van der Waals surface area contributed by atoms with Crippen LogP contribution in [0.3, 0.4) is 0 Å². The number of carbonyl (C=O) groups is 1. The number of rotatable bonds is 5. The first-order valence-corrected chi connectivity index (χ1v) is 10.5. The minimum atomic E-state index is -1.27. The van der Waals surface area contributed by atoms with Crippen molar-refractivity contribution in [2.24, 2.45) is 0 Å². The largest absolute Gasteiger partial charge is 0.469 e. The number of nitrogens with zero attached hydrogens (tertiary/aromatic N) is 1. The maximum atomic E-state index is 13.3. The van der Waals surface area contributed by atoms with E-state index in [1.165, 1.54) is 6.26 Å². The predicted octanol–water partition coefficient (Wildman–Crippen LogP) is 4.27. The highest BCUT2D eigenvalue weighted by atomic mass is 16.6. The molecule has 7 nitrogen and oxygen atoms in total. The van der Waals surface area contributed by atoms with Crippen LogP contribution < -0.4 is 5.32 Å². The number of ether oxygens (including phenoxy) is 1. The first kappa shape index (κ1) is 21.8. The maximum Gasteiger partial charge on any atom is 0.324 e. The molecule has 1 aliphatic rings. The van der Waals surface area contributed by atoms with Crippen molar-refractivity contribution in [2.75, 3.05) is 0 Å². The van der Waals surface area contributed by atoms with E-state index >= 15 is 0 Å². The molecule has 0 saturated carbocycles. The van der Waals surface area contributed by atoms with Crippen molar-refractivity contribution >= 4 is 5.97 Å². The fourth-order valence-electron chi connectivity index (χ4n) is 4.61. The number of hydrogen-bond acceptors (Lipinski definition) is 6. The number of esters is 1. The van der Waals surface area contributed by atoms with Gasteiger partial charge in [0.15, 0.2) is 0 Å². The zero-order chi connectivity index (χ0) is 22.9. The van der Waals surface area contributed by atoms with Crippen LogP contribution in [0.25, 0.3) is 0 Å². The van der Waals surface area contributed by atoms with E-state index in [9.17, 15) is 14.9 Å². The van der Waals surface area contributed by atoms with Crippen molar-refractivity contribution in [2.45, 2.75) is 49.9 Å². The van der Waals surface area contributed by atoms with Crippen LogP contribution >= 0.6 is 0 Å². The van der Waals surface area contributed by atoms with Gasteiger partial charge in [0.25, 0.3) is 6.04 Å². The van der Waals surface area contributed by atoms with Crippen molar-refractivity contribution in [3.63, 3.8) is 0 Å². The molecule has 4 rings (SSSR count). The van der Waals surface area contributed by atoms with Crippen LogP contribution in [0.2, 0.25) is 0 Å². The van der Waals surface area contributed by atoms with Gasteiger partial charge in [-0.15, -0.1) is 0 Å². The normalized spacial score (nSPS) is 22.4. The topological polar surface area (TPSA) is 94.6 Å². The lowest BCUT2D eigenvalue weighted by atomic mass is 9.75. The second-order valence-electron chi connectivity index (χ2n) is 8.97. The molecule has 3 atom stereocenters. The van der Waals surface area contributed by atoms with Gasteiger partial charge in [-0.1, -0.05) is 60.7 Å². The molecule has 1 N–H and O–H groups in total. The molecule has 1 saturated heterocycles. The summed E-state index contributed by atoms with van der Waals surface area (Å²) in [5.74, 6) is -1.07. The number of benzene rings is 2. The highest BCUT2D eigenvalue weighted by Gasteiger charge is 2.65. The summed E-state index contributed by atoms with van der Waals surface area (Å²) in [6, 6.07) is 19.5. The third kappa shape index (κ3) is 3.80. The van der Waals surface area contributed by atoms with Crippen LogP contribution in [0.5, 0.6) is 0 Å². The average Bonchev–Trinajstić information content (AvgIpc) is 3.40. The Morgan fingerprint density at radius 3 is 2.00 bits per heavy atom. The molecule has 0 amide bonds. The summed E-state index contributed by atoms with van der Waals surface area (Å²) >= 11 is 0. The number of furan rings is 1. The summed E-state index contributed by atoms with van der Waals surface area (Å²) < 4.78 is 11.3. The van der Waals surface area contributed by atoms with Gasteiger partial charge in [0.2, 0.25) is 0 Å². The van der Waals surface area contributed by atoms with E-state index in [1.54, 1.807) is 32.9 Å². The Morgan fingerprint density at radius 2 is 1.56 bits per heavy atom. The molecule has 32 heavy (non-hydrogen) atoms. The van der Waals surface area contributed by atoms with Crippen molar-refractivity contribution in [3.8, 4) is 0 Å². The van der Waals surface area contributed by atoms with E-state index in [0.717, 1.165) is 0 Å². The van der Waals surface area contributed by atoms with E-state index in [4.69, 9.17) is 9.15 Å². The Labute approximate surface area is 186 Å². The Bertz CT molecular complexity index is 1040. The summed E-state index contributed by atoms with van der Waals surface area (Å²) in [5.41, 5.74) is -0.641. The van der Waals surface area contributed by atoms with Crippen molar-refractivity contribution in [3.05, 3.63) is 106 Å². The molecule has 2 aromatic carbocycles. The molecule has 1 aromatic heterocycles. The van der Waals surface area contributed by atoms with Crippen LogP contribution in [-0.4, -0.2) is 28.6 Å². The summed E-state index contributed by atoms with van der Waals surface area (Å²) in [4.78, 5) is 25.7. The number of hydrogen-bond donors (Lipinski definition) is 1. The number of nitrogens with one attached hydrogen (secondary N) is 1. The lowest BCUT2D eigenvalue weighted by molar-refractivity contribution is -0.533. The Morgan fingerprint density at radius 1 is 1.00 bits per heavy atom. The van der Waals surface area contributed by atoms with Gasteiger partial charge in [-0.3, -0.25) is 20.2 Å². The molecule has 0 aliphatic carbocycles. The van der Waals surface area contributed by atoms with Crippen molar-refractivity contribution in [1.82, 2.24) is 5.32 Å². The maximum absolute atomic E-state index is 13.3. The predicted molar refractivity (Wildman–Crippen MR) is 119 cm³/mol. The van der Waals surface area contributed by atoms with Gasteiger partial charge in [-0.05, 0) is 44.0 Å². The highest BCUT2D eigenvalue weighted by molar-refractivity contribution is 5.79. The molecule has 3 aromatic rings. The summed E-state index contributed by atoms with van der Waals surface area (Å²) in [6.45, 7) is 5.32. The average molecular weight is 434 g/mol. The number of carbonyl (C=O) groups excluding carboxylic acids is 1. The molecular formula is C25H26N2O5. The lowest BCUT2D eigenvalue weighted by Crippen LogP contribution is -2.51. The van der Waals surface area contributed by atoms with Gasteiger partial charge < -0.3 is 9.15 Å². The first-order chi connectivity index (χ1) is 15.2. The molecule has 1 fully saturated rings. The SMILES string of the molecule is CC(C)(C)OC(=O)[C@H]1NC(c2ccccc2)(c2ccccc2)[C@@H]([N+](=O)[O-])[C@@H]1c1ccco1. The van der Waals surface area contributed by atoms with E-state index in [2.05, 4.69) is 5.32 Å². The van der Waals surface area contributed by atoms with E-state index < -0.39 is 35.1 Å². The molecule has 7 heteroatoms. The first-order valence-electron chi connectivity index (χ1n) is 10.5. The van der Waals surface area contributed by atoms with Gasteiger partial charge in [0.05, 0.1) is 6.26 Å². The summed E-state index contributed by atoms with van der Waals surface area (Å²) in [6.07, 6.45) is 1.46. The molecule has 166 valence electrons. The zero-order valence-corrected chi connectivity index (χ0v) is 18.2. The fraction of sp³-hybridized carbons (Fsp3) is 0.320. The van der Waals surface area contributed by atoms with Gasteiger partial charge in [-0.25, -0.2) is 0 Å². The van der Waals surface area contributed by atoms with E-state index in [-0.39, 0.29) is 4.92 Å². The highest BCUT2D eigenvalue weighted by Crippen LogP contribution is 2.48. The van der Waals surface area contributed by atoms with E-state index in [1.807, 2.05) is 60.7 Å². The molecule has 0 radical (unpaired) electrons. The van der Waals surface area contributed by atoms with Gasteiger partial charge >= 0.3 is 5.97 Å². The second-order valence-corrected chi connectivity index (χ2v) is 8.97. The third-order valence-corrected chi connectivity index (χ3v) is 5.74. The quantitative estimate of drug-likeness (QED) is 0.366. The Balaban J connectivity index is 1.97. The van der Waals surface area contributed by atoms with Gasteiger partial charge in [0, 0.05) is 4.92 Å². The third-order valence-electron chi connectivity index (χ3n) is 5.74. The van der Waals surface area contributed by atoms with Crippen LogP contribution in [0.4, 0.5) is 0 Å². The van der Waals surface area contributed by atoms with Crippen LogP contribution in [-0.2, 0) is 15.1 Å². The minimum Gasteiger partial charge on any atom is -0.469 e. The minimum absolute atomic E-state index is 0.315. The molecular weight excluding hydrogens is 408 g/mol. The van der Waals surface area contributed by atoms with Gasteiger partial charge in [-0.2, -0.15) is 0 Å². The molecule has 2 heterocycles. The fourth-order valence-corrected chi connectivity index (χ4v) is 4.61. The van der Waals surface area contributed by atoms with Gasteiger partial charge in [0.1, 0.15) is 28.9 Å². The Hall–Kier alpha value is -3.45. The van der Waals surface area contributed by atoms with E-state index in [0.29, 0.717) is 16.9 Å². The van der Waals surface area contributed by atoms with Crippen LogP contribution in [0.15, 0.2) is 83.5 Å².